The van der Waals surface area contributed by atoms with Gasteiger partial charge in [0.05, 0.1) is 0 Å². The Morgan fingerprint density at radius 2 is 1.20 bits per heavy atom. The molecule has 0 aliphatic heterocycles. The van der Waals surface area contributed by atoms with Crippen LogP contribution in [0.25, 0.3) is 0 Å². The average molecular weight is 307 g/mol. The Morgan fingerprint density at radius 1 is 0.850 bits per heavy atom. The largest absolute Gasteiger partial charge is 0.300 e. The lowest BCUT2D eigenvalue weighted by atomic mass is 9.90. The molecule has 0 spiro atoms. The second-order valence-corrected chi connectivity index (χ2v) is 5.84. The van der Waals surface area contributed by atoms with Gasteiger partial charge in [0.1, 0.15) is 5.78 Å². The monoisotopic (exact) mass is 306 g/mol. The highest BCUT2D eigenvalue weighted by Crippen LogP contribution is 2.19. The third kappa shape index (κ3) is 4.36. The molecular weight excluding hydrogens is 291 g/mol. The maximum atomic E-state index is 11.8. The summed E-state index contributed by atoms with van der Waals surface area (Å²) in [6.45, 7) is 1.65. The fourth-order valence-electron chi connectivity index (χ4n) is 2.17. The molecule has 0 saturated heterocycles. The summed E-state index contributed by atoms with van der Waals surface area (Å²) in [7, 11) is 0. The van der Waals surface area contributed by atoms with Gasteiger partial charge in [0.2, 0.25) is 0 Å². The number of carbonyl (C=O) groups excluding carboxylic acids is 1. The Balaban J connectivity index is 2.09. The van der Waals surface area contributed by atoms with Crippen LogP contribution in [0.1, 0.15) is 18.1 Å². The molecule has 2 aromatic carbocycles. The summed E-state index contributed by atoms with van der Waals surface area (Å²) in [5, 5.41) is 1.43. The highest BCUT2D eigenvalue weighted by atomic mass is 35.5. The van der Waals surface area contributed by atoms with E-state index in [1.54, 1.807) is 6.92 Å². The summed E-state index contributed by atoms with van der Waals surface area (Å²) in [5.41, 5.74) is 2.26. The number of halogens is 2. The van der Waals surface area contributed by atoms with E-state index in [2.05, 4.69) is 0 Å². The Hall–Kier alpha value is -1.31. The minimum atomic E-state index is -0.0163. The van der Waals surface area contributed by atoms with Crippen LogP contribution in [0.15, 0.2) is 48.5 Å². The highest BCUT2D eigenvalue weighted by molar-refractivity contribution is 6.30. The van der Waals surface area contributed by atoms with Crippen molar-refractivity contribution in [1.82, 2.24) is 0 Å². The van der Waals surface area contributed by atoms with Gasteiger partial charge in [0, 0.05) is 16.0 Å². The first kappa shape index (κ1) is 15.1. The van der Waals surface area contributed by atoms with E-state index in [1.165, 1.54) is 0 Å². The maximum Gasteiger partial charge on any atom is 0.133 e. The van der Waals surface area contributed by atoms with Crippen LogP contribution < -0.4 is 0 Å². The number of Topliss-reactive ketones (excluding diaryl/α,β-unsaturated/α-hetero) is 1. The first-order valence-electron chi connectivity index (χ1n) is 6.54. The lowest BCUT2D eigenvalue weighted by molar-refractivity contribution is -0.120. The third-order valence-electron chi connectivity index (χ3n) is 3.37. The van der Waals surface area contributed by atoms with Gasteiger partial charge in [-0.05, 0) is 55.2 Å². The first-order valence-corrected chi connectivity index (χ1v) is 7.29. The van der Waals surface area contributed by atoms with Crippen molar-refractivity contribution in [3.63, 3.8) is 0 Å². The lowest BCUT2D eigenvalue weighted by Gasteiger charge is -2.14. The Bertz CT molecular complexity index is 525. The van der Waals surface area contributed by atoms with E-state index in [1.807, 2.05) is 48.5 Å². The van der Waals surface area contributed by atoms with E-state index in [-0.39, 0.29) is 11.7 Å². The summed E-state index contributed by atoms with van der Waals surface area (Å²) >= 11 is 11.8. The summed E-state index contributed by atoms with van der Waals surface area (Å²) < 4.78 is 0. The zero-order chi connectivity index (χ0) is 14.5. The van der Waals surface area contributed by atoms with Gasteiger partial charge < -0.3 is 0 Å². The minimum absolute atomic E-state index is 0.0163. The molecule has 3 heteroatoms. The fourth-order valence-corrected chi connectivity index (χ4v) is 2.42. The molecule has 0 radical (unpaired) electrons. The lowest BCUT2D eigenvalue weighted by Crippen LogP contribution is -2.17. The molecule has 104 valence electrons. The summed E-state index contributed by atoms with van der Waals surface area (Å²) in [5.74, 6) is 0.187. The number of hydrogen-bond acceptors (Lipinski definition) is 1. The normalized spacial score (nSPS) is 10.8. The smallest absolute Gasteiger partial charge is 0.133 e. The molecule has 0 amide bonds. The van der Waals surface area contributed by atoms with E-state index in [4.69, 9.17) is 23.2 Å². The number of rotatable bonds is 5. The predicted octanol–water partition coefficient (Wildman–Crippen LogP) is 4.98. The van der Waals surface area contributed by atoms with Gasteiger partial charge >= 0.3 is 0 Å². The molecule has 2 aromatic rings. The molecule has 0 aromatic heterocycles. The van der Waals surface area contributed by atoms with E-state index in [0.29, 0.717) is 10.0 Å². The molecule has 0 aliphatic rings. The van der Waals surface area contributed by atoms with Gasteiger partial charge in [-0.3, -0.25) is 4.79 Å². The third-order valence-corrected chi connectivity index (χ3v) is 3.87. The summed E-state index contributed by atoms with van der Waals surface area (Å²) in [6, 6.07) is 15.3. The van der Waals surface area contributed by atoms with Crippen molar-refractivity contribution in [1.29, 1.82) is 0 Å². The zero-order valence-corrected chi connectivity index (χ0v) is 12.8. The SMILES string of the molecule is CC(=O)C(Cc1ccc(Cl)cc1)Cc1ccc(Cl)cc1. The van der Waals surface area contributed by atoms with Gasteiger partial charge in [0.25, 0.3) is 0 Å². The van der Waals surface area contributed by atoms with Crippen molar-refractivity contribution in [3.8, 4) is 0 Å². The van der Waals surface area contributed by atoms with Crippen LogP contribution in [0.5, 0.6) is 0 Å². The summed E-state index contributed by atoms with van der Waals surface area (Å²) in [6.07, 6.45) is 1.46. The molecule has 0 heterocycles. The zero-order valence-electron chi connectivity index (χ0n) is 11.3. The summed E-state index contributed by atoms with van der Waals surface area (Å²) in [4.78, 5) is 11.8. The number of ketones is 1. The molecule has 2 rings (SSSR count). The molecule has 0 atom stereocenters. The van der Waals surface area contributed by atoms with Crippen LogP contribution in [-0.2, 0) is 17.6 Å². The van der Waals surface area contributed by atoms with E-state index in [0.717, 1.165) is 24.0 Å². The Labute approximate surface area is 129 Å². The highest BCUT2D eigenvalue weighted by Gasteiger charge is 2.15. The van der Waals surface area contributed by atoms with Crippen molar-refractivity contribution < 1.29 is 4.79 Å². The van der Waals surface area contributed by atoms with Crippen molar-refractivity contribution in [2.45, 2.75) is 19.8 Å². The van der Waals surface area contributed by atoms with Gasteiger partial charge in [-0.1, -0.05) is 47.5 Å². The molecule has 0 saturated carbocycles. The van der Waals surface area contributed by atoms with Crippen molar-refractivity contribution >= 4 is 29.0 Å². The van der Waals surface area contributed by atoms with Crippen LogP contribution >= 0.6 is 23.2 Å². The van der Waals surface area contributed by atoms with Crippen molar-refractivity contribution in [2.75, 3.05) is 0 Å². The second-order valence-electron chi connectivity index (χ2n) is 4.97. The minimum Gasteiger partial charge on any atom is -0.300 e. The van der Waals surface area contributed by atoms with Crippen LogP contribution in [0.3, 0.4) is 0 Å². The molecule has 0 aliphatic carbocycles. The second kappa shape index (κ2) is 6.92. The van der Waals surface area contributed by atoms with Gasteiger partial charge in [-0.15, -0.1) is 0 Å². The van der Waals surface area contributed by atoms with Gasteiger partial charge in [0.15, 0.2) is 0 Å². The molecule has 0 N–H and O–H groups in total. The number of carbonyl (C=O) groups is 1. The number of benzene rings is 2. The average Bonchev–Trinajstić information content (AvgIpc) is 2.42. The van der Waals surface area contributed by atoms with Gasteiger partial charge in [-0.2, -0.15) is 0 Å². The van der Waals surface area contributed by atoms with Crippen molar-refractivity contribution in [3.05, 3.63) is 69.7 Å². The van der Waals surface area contributed by atoms with Crippen LogP contribution in [-0.4, -0.2) is 5.78 Å². The van der Waals surface area contributed by atoms with Crippen LogP contribution in [0.4, 0.5) is 0 Å². The predicted molar refractivity (Wildman–Crippen MR) is 84.5 cm³/mol. The molecular formula is C17H16Cl2O. The van der Waals surface area contributed by atoms with Crippen molar-refractivity contribution in [2.24, 2.45) is 5.92 Å². The molecule has 20 heavy (non-hydrogen) atoms. The Kier molecular flexibility index (Phi) is 5.22. The van der Waals surface area contributed by atoms with E-state index < -0.39 is 0 Å². The molecule has 1 nitrogen and oxygen atoms in total. The van der Waals surface area contributed by atoms with E-state index in [9.17, 15) is 4.79 Å². The first-order chi connectivity index (χ1) is 9.54. The van der Waals surface area contributed by atoms with E-state index >= 15 is 0 Å². The molecule has 0 bridgehead atoms. The molecule has 0 unspecified atom stereocenters. The standard InChI is InChI=1S/C17H16Cl2O/c1-12(20)15(10-13-2-6-16(18)7-3-13)11-14-4-8-17(19)9-5-14/h2-9,15H,10-11H2,1H3. The quantitative estimate of drug-likeness (QED) is 0.761. The van der Waals surface area contributed by atoms with Gasteiger partial charge in [-0.25, -0.2) is 0 Å². The van der Waals surface area contributed by atoms with Crippen LogP contribution in [0.2, 0.25) is 10.0 Å². The molecule has 0 fully saturated rings. The number of hydrogen-bond donors (Lipinski definition) is 0. The van der Waals surface area contributed by atoms with Crippen LogP contribution in [0, 0.1) is 5.92 Å². The Morgan fingerprint density at radius 3 is 1.50 bits per heavy atom. The topological polar surface area (TPSA) is 17.1 Å². The maximum absolute atomic E-state index is 11.8. The fraction of sp³-hybridized carbons (Fsp3) is 0.235.